The summed E-state index contributed by atoms with van der Waals surface area (Å²) in [5.41, 5.74) is 3.62. The lowest BCUT2D eigenvalue weighted by Gasteiger charge is -2.27. The number of ether oxygens (including phenoxy) is 1. The molecule has 5 rings (SSSR count). The van der Waals surface area contributed by atoms with Crippen molar-refractivity contribution in [2.45, 2.75) is 13.0 Å². The quantitative estimate of drug-likeness (QED) is 0.461. The first-order valence-corrected chi connectivity index (χ1v) is 11.8. The molecule has 0 unspecified atom stereocenters. The number of rotatable bonds is 7. The van der Waals surface area contributed by atoms with Gasteiger partial charge in [0.25, 0.3) is 5.91 Å². The SMILES string of the molecule is O=C(Nc1nc2ccccc2n1CCN1CCOCC1)c1ccccc1Cc1cccs1. The highest BCUT2D eigenvalue weighted by Crippen LogP contribution is 2.22. The van der Waals surface area contributed by atoms with E-state index < -0.39 is 0 Å². The Morgan fingerprint density at radius 1 is 1.00 bits per heavy atom. The number of anilines is 1. The van der Waals surface area contributed by atoms with Gasteiger partial charge < -0.3 is 9.30 Å². The minimum absolute atomic E-state index is 0.125. The zero-order chi connectivity index (χ0) is 21.8. The molecule has 32 heavy (non-hydrogen) atoms. The normalized spacial score (nSPS) is 14.6. The van der Waals surface area contributed by atoms with Crippen LogP contribution in [-0.4, -0.2) is 53.2 Å². The summed E-state index contributed by atoms with van der Waals surface area (Å²) in [6.45, 7) is 5.06. The molecular weight excluding hydrogens is 420 g/mol. The standard InChI is InChI=1S/C25H26N4O2S/c30-24(21-8-2-1-6-19(21)18-20-7-5-17-32-20)27-25-26-22-9-3-4-10-23(22)29(25)12-11-28-13-15-31-16-14-28/h1-10,17H,11-16,18H2,(H,26,27,30). The number of benzene rings is 2. The molecule has 0 aliphatic carbocycles. The molecule has 4 aromatic rings. The minimum atomic E-state index is -0.125. The van der Waals surface area contributed by atoms with Crippen LogP contribution >= 0.6 is 11.3 Å². The molecule has 6 nitrogen and oxygen atoms in total. The van der Waals surface area contributed by atoms with Crippen molar-refractivity contribution in [2.24, 2.45) is 0 Å². The number of nitrogens with zero attached hydrogens (tertiary/aromatic N) is 3. The zero-order valence-electron chi connectivity index (χ0n) is 17.9. The van der Waals surface area contributed by atoms with Crippen LogP contribution < -0.4 is 5.32 Å². The van der Waals surface area contributed by atoms with Gasteiger partial charge >= 0.3 is 0 Å². The third kappa shape index (κ3) is 4.60. The number of amides is 1. The van der Waals surface area contributed by atoms with Gasteiger partial charge in [0.05, 0.1) is 24.2 Å². The highest BCUT2D eigenvalue weighted by atomic mass is 32.1. The van der Waals surface area contributed by atoms with Crippen LogP contribution in [0.25, 0.3) is 11.0 Å². The molecule has 7 heteroatoms. The molecule has 0 atom stereocenters. The van der Waals surface area contributed by atoms with Crippen LogP contribution in [0.4, 0.5) is 5.95 Å². The van der Waals surface area contributed by atoms with E-state index in [0.717, 1.165) is 62.4 Å². The second-order valence-electron chi connectivity index (χ2n) is 7.90. The fourth-order valence-corrected chi connectivity index (χ4v) is 4.86. The van der Waals surface area contributed by atoms with Gasteiger partial charge in [0.2, 0.25) is 5.95 Å². The number of aromatic nitrogens is 2. The van der Waals surface area contributed by atoms with E-state index in [9.17, 15) is 4.79 Å². The van der Waals surface area contributed by atoms with Crippen molar-refractivity contribution >= 4 is 34.2 Å². The van der Waals surface area contributed by atoms with Crippen LogP contribution in [0.2, 0.25) is 0 Å². The molecule has 0 radical (unpaired) electrons. The van der Waals surface area contributed by atoms with Crippen molar-refractivity contribution in [1.82, 2.24) is 14.5 Å². The third-order valence-electron chi connectivity index (χ3n) is 5.83. The molecule has 1 saturated heterocycles. The second kappa shape index (κ2) is 9.65. The van der Waals surface area contributed by atoms with E-state index in [0.29, 0.717) is 11.5 Å². The molecule has 3 heterocycles. The van der Waals surface area contributed by atoms with Crippen LogP contribution in [0.15, 0.2) is 66.0 Å². The fraction of sp³-hybridized carbons (Fsp3) is 0.280. The number of para-hydroxylation sites is 2. The predicted octanol–water partition coefficient (Wildman–Crippen LogP) is 4.27. The summed E-state index contributed by atoms with van der Waals surface area (Å²) >= 11 is 1.71. The van der Waals surface area contributed by atoms with Crippen LogP contribution in [0.5, 0.6) is 0 Å². The molecule has 0 spiro atoms. The van der Waals surface area contributed by atoms with Crippen molar-refractivity contribution in [1.29, 1.82) is 0 Å². The van der Waals surface area contributed by atoms with Gasteiger partial charge in [-0.1, -0.05) is 36.4 Å². The lowest BCUT2D eigenvalue weighted by molar-refractivity contribution is 0.0366. The van der Waals surface area contributed by atoms with Gasteiger partial charge in [0.1, 0.15) is 0 Å². The Morgan fingerprint density at radius 3 is 2.66 bits per heavy atom. The van der Waals surface area contributed by atoms with Gasteiger partial charge in [0.15, 0.2) is 0 Å². The van der Waals surface area contributed by atoms with Crippen molar-refractivity contribution in [3.8, 4) is 0 Å². The van der Waals surface area contributed by atoms with E-state index in [2.05, 4.69) is 32.3 Å². The smallest absolute Gasteiger partial charge is 0.258 e. The maximum Gasteiger partial charge on any atom is 0.258 e. The number of hydrogen-bond donors (Lipinski definition) is 1. The van der Waals surface area contributed by atoms with Crippen LogP contribution in [0.1, 0.15) is 20.8 Å². The highest BCUT2D eigenvalue weighted by Gasteiger charge is 2.18. The van der Waals surface area contributed by atoms with Crippen molar-refractivity contribution in [3.63, 3.8) is 0 Å². The largest absolute Gasteiger partial charge is 0.379 e. The molecular formula is C25H26N4O2S. The van der Waals surface area contributed by atoms with E-state index in [-0.39, 0.29) is 5.91 Å². The summed E-state index contributed by atoms with van der Waals surface area (Å²) in [6.07, 6.45) is 0.745. The summed E-state index contributed by atoms with van der Waals surface area (Å²) in [7, 11) is 0. The molecule has 1 N–H and O–H groups in total. The molecule has 1 amide bonds. The number of hydrogen-bond acceptors (Lipinski definition) is 5. The number of nitrogens with one attached hydrogen (secondary N) is 1. The van der Waals surface area contributed by atoms with Gasteiger partial charge in [-0.15, -0.1) is 11.3 Å². The van der Waals surface area contributed by atoms with E-state index in [1.54, 1.807) is 11.3 Å². The highest BCUT2D eigenvalue weighted by molar-refractivity contribution is 7.09. The number of carbonyl (C=O) groups excluding carboxylic acids is 1. The Bertz CT molecular complexity index is 1200. The van der Waals surface area contributed by atoms with E-state index >= 15 is 0 Å². The zero-order valence-corrected chi connectivity index (χ0v) is 18.7. The number of carbonyl (C=O) groups is 1. The van der Waals surface area contributed by atoms with Crippen molar-refractivity contribution in [2.75, 3.05) is 38.2 Å². The average molecular weight is 447 g/mol. The molecule has 2 aromatic carbocycles. The summed E-state index contributed by atoms with van der Waals surface area (Å²) in [5.74, 6) is 0.468. The average Bonchev–Trinajstić information content (AvgIpc) is 3.46. The van der Waals surface area contributed by atoms with Gasteiger partial charge in [-0.25, -0.2) is 4.98 Å². The molecule has 1 fully saturated rings. The summed E-state index contributed by atoms with van der Waals surface area (Å²) < 4.78 is 7.58. The van der Waals surface area contributed by atoms with E-state index in [4.69, 9.17) is 9.72 Å². The molecule has 164 valence electrons. The van der Waals surface area contributed by atoms with Crippen LogP contribution in [0.3, 0.4) is 0 Å². The van der Waals surface area contributed by atoms with Crippen molar-refractivity contribution < 1.29 is 9.53 Å². The Labute approximate surface area is 191 Å². The van der Waals surface area contributed by atoms with Gasteiger partial charge in [-0.05, 0) is 35.2 Å². The first-order valence-electron chi connectivity index (χ1n) is 10.9. The minimum Gasteiger partial charge on any atom is -0.379 e. The summed E-state index contributed by atoms with van der Waals surface area (Å²) in [5, 5.41) is 5.16. The summed E-state index contributed by atoms with van der Waals surface area (Å²) in [4.78, 5) is 21.7. The number of imidazole rings is 1. The maximum atomic E-state index is 13.3. The van der Waals surface area contributed by atoms with E-state index in [1.165, 1.54) is 4.88 Å². The molecule has 1 aliphatic heterocycles. The maximum absolute atomic E-state index is 13.3. The van der Waals surface area contributed by atoms with Crippen LogP contribution in [-0.2, 0) is 17.7 Å². The topological polar surface area (TPSA) is 59.4 Å². The Morgan fingerprint density at radius 2 is 1.81 bits per heavy atom. The number of thiophene rings is 1. The summed E-state index contributed by atoms with van der Waals surface area (Å²) in [6, 6.07) is 20.0. The Kier molecular flexibility index (Phi) is 6.29. The third-order valence-corrected chi connectivity index (χ3v) is 6.71. The second-order valence-corrected chi connectivity index (χ2v) is 8.93. The lowest BCUT2D eigenvalue weighted by atomic mass is 10.0. The number of fused-ring (bicyclic) bond motifs is 1. The van der Waals surface area contributed by atoms with Gasteiger partial charge in [-0.3, -0.25) is 15.0 Å². The fourth-order valence-electron chi connectivity index (χ4n) is 4.13. The Hall–Kier alpha value is -3.00. The lowest BCUT2D eigenvalue weighted by Crippen LogP contribution is -2.38. The Balaban J connectivity index is 1.39. The molecule has 1 aliphatic rings. The monoisotopic (exact) mass is 446 g/mol. The van der Waals surface area contributed by atoms with Gasteiger partial charge in [-0.2, -0.15) is 0 Å². The van der Waals surface area contributed by atoms with E-state index in [1.807, 2.05) is 48.5 Å². The molecule has 0 bridgehead atoms. The first-order chi connectivity index (χ1) is 15.8. The first kappa shape index (κ1) is 20.9. The molecule has 0 saturated carbocycles. The van der Waals surface area contributed by atoms with Crippen molar-refractivity contribution in [3.05, 3.63) is 82.0 Å². The van der Waals surface area contributed by atoms with Gasteiger partial charge in [0, 0.05) is 43.0 Å². The predicted molar refractivity (Wildman–Crippen MR) is 129 cm³/mol. The van der Waals surface area contributed by atoms with Crippen LogP contribution in [0, 0.1) is 0 Å². The molecule has 2 aromatic heterocycles. The number of morpholine rings is 1.